The van der Waals surface area contributed by atoms with Crippen LogP contribution in [0, 0.1) is 0 Å². The lowest BCUT2D eigenvalue weighted by Gasteiger charge is -2.11. The molecule has 28 heavy (non-hydrogen) atoms. The molecule has 2 aromatic rings. The third-order valence-corrected chi connectivity index (χ3v) is 4.70. The van der Waals surface area contributed by atoms with E-state index >= 15 is 0 Å². The molecule has 2 aromatic carbocycles. The van der Waals surface area contributed by atoms with Crippen molar-refractivity contribution >= 4 is 35.5 Å². The van der Waals surface area contributed by atoms with Crippen molar-refractivity contribution in [1.82, 2.24) is 5.43 Å². The Morgan fingerprint density at radius 3 is 2.71 bits per heavy atom. The Bertz CT molecular complexity index is 810. The van der Waals surface area contributed by atoms with Crippen molar-refractivity contribution in [3.05, 3.63) is 65.7 Å². The van der Waals surface area contributed by atoms with Crippen molar-refractivity contribution in [2.45, 2.75) is 18.2 Å². The Morgan fingerprint density at radius 2 is 2.00 bits per heavy atom. The Morgan fingerprint density at radius 1 is 1.21 bits per heavy atom. The Hall–Kier alpha value is -2.44. The van der Waals surface area contributed by atoms with Gasteiger partial charge in [-0.1, -0.05) is 24.3 Å². The minimum Gasteiger partial charge on any atom is -0.490 e. The number of hydrogen-bond acceptors (Lipinski definition) is 5. The van der Waals surface area contributed by atoms with Crippen LogP contribution in [0.1, 0.15) is 18.9 Å². The minimum absolute atomic E-state index is 0.145. The van der Waals surface area contributed by atoms with Gasteiger partial charge in [0.15, 0.2) is 11.5 Å². The van der Waals surface area contributed by atoms with Crippen molar-refractivity contribution in [3.8, 4) is 11.5 Å². The molecule has 148 valence electrons. The topological polar surface area (TPSA) is 59.9 Å². The molecule has 7 heteroatoms. The number of nitrogens with one attached hydrogen (secondary N) is 1. The van der Waals surface area contributed by atoms with Crippen LogP contribution < -0.4 is 14.9 Å². The summed E-state index contributed by atoms with van der Waals surface area (Å²) in [6.45, 7) is 6.46. The van der Waals surface area contributed by atoms with Crippen molar-refractivity contribution in [1.29, 1.82) is 0 Å². The second-order valence-electron chi connectivity index (χ2n) is 5.58. The van der Waals surface area contributed by atoms with E-state index in [0.29, 0.717) is 41.9 Å². The van der Waals surface area contributed by atoms with Crippen molar-refractivity contribution < 1.29 is 14.3 Å². The highest BCUT2D eigenvalue weighted by molar-refractivity contribution is 7.99. The van der Waals surface area contributed by atoms with Gasteiger partial charge in [0.05, 0.1) is 12.8 Å². The number of nitrogens with zero attached hydrogens (tertiary/aromatic N) is 1. The number of hydrazone groups is 1. The first kappa shape index (κ1) is 21.9. The molecule has 0 unspecified atom stereocenters. The fourth-order valence-corrected chi connectivity index (χ4v) is 3.15. The predicted molar refractivity (Wildman–Crippen MR) is 116 cm³/mol. The van der Waals surface area contributed by atoms with E-state index in [2.05, 4.69) is 17.1 Å². The highest BCUT2D eigenvalue weighted by atomic mass is 35.5. The Balaban J connectivity index is 1.82. The molecule has 1 N–H and O–H groups in total. The van der Waals surface area contributed by atoms with Gasteiger partial charge in [-0.3, -0.25) is 4.79 Å². The summed E-state index contributed by atoms with van der Waals surface area (Å²) in [6.07, 6.45) is 3.61. The zero-order valence-electron chi connectivity index (χ0n) is 15.7. The van der Waals surface area contributed by atoms with Crippen molar-refractivity contribution in [2.24, 2.45) is 5.10 Å². The van der Waals surface area contributed by atoms with Crippen molar-refractivity contribution in [2.75, 3.05) is 19.0 Å². The summed E-state index contributed by atoms with van der Waals surface area (Å²) in [5, 5.41) is 4.71. The van der Waals surface area contributed by atoms with Gasteiger partial charge in [-0.2, -0.15) is 5.10 Å². The van der Waals surface area contributed by atoms with Gasteiger partial charge in [0, 0.05) is 22.1 Å². The van der Waals surface area contributed by atoms with Crippen LogP contribution in [0.3, 0.4) is 0 Å². The third kappa shape index (κ3) is 7.66. The molecule has 0 aliphatic carbocycles. The quantitative estimate of drug-likeness (QED) is 0.243. The average Bonchev–Trinajstić information content (AvgIpc) is 2.69. The lowest BCUT2D eigenvalue weighted by atomic mass is 10.2. The van der Waals surface area contributed by atoms with Gasteiger partial charge >= 0.3 is 0 Å². The number of benzene rings is 2. The number of carbonyl (C=O) groups is 1. The van der Waals surface area contributed by atoms with Gasteiger partial charge in [-0.15, -0.1) is 11.8 Å². The summed E-state index contributed by atoms with van der Waals surface area (Å²) in [5.41, 5.74) is 3.33. The second-order valence-corrected chi connectivity index (χ2v) is 7.19. The van der Waals surface area contributed by atoms with Gasteiger partial charge in [0.1, 0.15) is 6.61 Å². The molecule has 0 atom stereocenters. The van der Waals surface area contributed by atoms with Crippen LogP contribution in [0.4, 0.5) is 0 Å². The molecule has 0 aliphatic rings. The molecule has 0 heterocycles. The number of amides is 1. The van der Waals surface area contributed by atoms with Crippen LogP contribution in [0.5, 0.6) is 11.5 Å². The summed E-state index contributed by atoms with van der Waals surface area (Å²) in [5.74, 6) is 1.78. The van der Waals surface area contributed by atoms with E-state index in [-0.39, 0.29) is 5.91 Å². The number of carbonyl (C=O) groups excluding carboxylic acids is 1. The van der Waals surface area contributed by atoms with Crippen molar-refractivity contribution in [3.63, 3.8) is 0 Å². The Kier molecular flexibility index (Phi) is 9.45. The lowest BCUT2D eigenvalue weighted by molar-refractivity contribution is -0.120. The highest BCUT2D eigenvalue weighted by Gasteiger charge is 2.06. The fraction of sp³-hybridized carbons (Fsp3) is 0.238. The molecule has 0 saturated heterocycles. The van der Waals surface area contributed by atoms with E-state index in [1.54, 1.807) is 30.1 Å². The standard InChI is InChI=1S/C21H23ClN2O3S/c1-3-12-27-19-10-5-16(14-20(19)26-4-2)15-23-24-21(25)11-13-28-18-8-6-17(22)7-9-18/h3,5-10,14-15H,1,4,11-13H2,2H3,(H,24,25). The molecule has 0 aliphatic heterocycles. The van der Waals surface area contributed by atoms with Crippen LogP contribution >= 0.6 is 23.4 Å². The number of rotatable bonds is 11. The van der Waals surface area contributed by atoms with E-state index in [1.807, 2.05) is 43.3 Å². The fourth-order valence-electron chi connectivity index (χ4n) is 2.17. The monoisotopic (exact) mass is 418 g/mol. The molecule has 0 saturated carbocycles. The van der Waals surface area contributed by atoms with E-state index in [1.165, 1.54) is 0 Å². The molecule has 0 radical (unpaired) electrons. The normalized spacial score (nSPS) is 10.6. The maximum atomic E-state index is 11.9. The van der Waals surface area contributed by atoms with E-state index in [9.17, 15) is 4.79 Å². The zero-order chi connectivity index (χ0) is 20.2. The molecule has 5 nitrogen and oxygen atoms in total. The van der Waals surface area contributed by atoms with E-state index in [4.69, 9.17) is 21.1 Å². The van der Waals surface area contributed by atoms with Gasteiger partial charge in [0.2, 0.25) is 5.91 Å². The summed E-state index contributed by atoms with van der Waals surface area (Å²) in [7, 11) is 0. The number of hydrogen-bond donors (Lipinski definition) is 1. The van der Waals surface area contributed by atoms with Crippen LogP contribution in [-0.4, -0.2) is 31.1 Å². The first-order valence-corrected chi connectivity index (χ1v) is 10.2. The zero-order valence-corrected chi connectivity index (χ0v) is 17.3. The number of thioether (sulfide) groups is 1. The molecule has 1 amide bonds. The molecular weight excluding hydrogens is 396 g/mol. The highest BCUT2D eigenvalue weighted by Crippen LogP contribution is 2.28. The number of halogens is 1. The molecular formula is C21H23ClN2O3S. The first-order valence-electron chi connectivity index (χ1n) is 8.83. The van der Waals surface area contributed by atoms with Gasteiger partial charge in [-0.25, -0.2) is 5.43 Å². The minimum atomic E-state index is -0.145. The first-order chi connectivity index (χ1) is 13.6. The number of ether oxygens (including phenoxy) is 2. The molecule has 0 aromatic heterocycles. The largest absolute Gasteiger partial charge is 0.490 e. The summed E-state index contributed by atoms with van der Waals surface area (Å²) in [4.78, 5) is 13.0. The third-order valence-electron chi connectivity index (χ3n) is 3.44. The molecule has 0 fully saturated rings. The van der Waals surface area contributed by atoms with Gasteiger partial charge < -0.3 is 9.47 Å². The van der Waals surface area contributed by atoms with Crippen LogP contribution in [-0.2, 0) is 4.79 Å². The lowest BCUT2D eigenvalue weighted by Crippen LogP contribution is -2.17. The summed E-state index contributed by atoms with van der Waals surface area (Å²) >= 11 is 7.45. The predicted octanol–water partition coefficient (Wildman–Crippen LogP) is 4.94. The SMILES string of the molecule is C=CCOc1ccc(C=NNC(=O)CCSc2ccc(Cl)cc2)cc1OCC. The summed E-state index contributed by atoms with van der Waals surface area (Å²) in [6, 6.07) is 13.0. The second kappa shape index (κ2) is 12.1. The van der Waals surface area contributed by atoms with Gasteiger partial charge in [-0.05, 0) is 55.0 Å². The average molecular weight is 419 g/mol. The van der Waals surface area contributed by atoms with Gasteiger partial charge in [0.25, 0.3) is 0 Å². The Labute approximate surface area is 174 Å². The van der Waals surface area contributed by atoms with Crippen LogP contribution in [0.25, 0.3) is 0 Å². The smallest absolute Gasteiger partial charge is 0.240 e. The maximum Gasteiger partial charge on any atom is 0.240 e. The molecule has 0 spiro atoms. The van der Waals surface area contributed by atoms with Crippen LogP contribution in [0.15, 0.2) is 65.1 Å². The summed E-state index contributed by atoms with van der Waals surface area (Å²) < 4.78 is 11.1. The molecule has 2 rings (SSSR count). The molecule has 0 bridgehead atoms. The van der Waals surface area contributed by atoms with Crippen LogP contribution in [0.2, 0.25) is 5.02 Å². The van der Waals surface area contributed by atoms with E-state index < -0.39 is 0 Å². The van der Waals surface area contributed by atoms with E-state index in [0.717, 1.165) is 10.5 Å². The maximum absolute atomic E-state index is 11.9.